The molecular weight excluding hydrogens is 258 g/mol. The number of aliphatic hydroxyl groups is 1. The van der Waals surface area contributed by atoms with E-state index in [-0.39, 0.29) is 0 Å². The molecule has 0 unspecified atom stereocenters. The van der Waals surface area contributed by atoms with E-state index < -0.39 is 5.60 Å². The smallest absolute Gasteiger partial charge is 0.173 e. The third-order valence-electron chi connectivity index (χ3n) is 3.38. The van der Waals surface area contributed by atoms with Crippen LogP contribution >= 0.6 is 0 Å². The minimum absolute atomic E-state index is 0.438. The van der Waals surface area contributed by atoms with Gasteiger partial charge in [0.05, 0.1) is 18.0 Å². The molecule has 1 aliphatic rings. The third-order valence-corrected chi connectivity index (χ3v) is 3.38. The van der Waals surface area contributed by atoms with Crippen LogP contribution in [-0.4, -0.2) is 50.2 Å². The van der Waals surface area contributed by atoms with Crippen molar-refractivity contribution in [3.63, 3.8) is 0 Å². The largest absolute Gasteiger partial charge is 0.388 e. The van der Waals surface area contributed by atoms with E-state index >= 15 is 0 Å². The zero-order chi connectivity index (χ0) is 13.8. The quantitative estimate of drug-likeness (QED) is 0.850. The van der Waals surface area contributed by atoms with E-state index in [0.717, 1.165) is 0 Å². The number of nitrogens with zero attached hydrogens (tertiary/aromatic N) is 4. The second-order valence-corrected chi connectivity index (χ2v) is 4.90. The second-order valence-electron chi connectivity index (χ2n) is 4.90. The lowest BCUT2D eigenvalue weighted by Crippen LogP contribution is -2.42. The molecule has 0 bridgehead atoms. The van der Waals surface area contributed by atoms with Gasteiger partial charge in [0.2, 0.25) is 0 Å². The molecule has 106 valence electrons. The van der Waals surface area contributed by atoms with Gasteiger partial charge < -0.3 is 15.2 Å². The van der Waals surface area contributed by atoms with Crippen molar-refractivity contribution in [1.29, 1.82) is 0 Å². The van der Waals surface area contributed by atoms with Gasteiger partial charge in [-0.1, -0.05) is 0 Å². The zero-order valence-electron chi connectivity index (χ0n) is 11.1. The molecule has 7 nitrogen and oxygen atoms in total. The van der Waals surface area contributed by atoms with Crippen molar-refractivity contribution in [2.45, 2.75) is 18.4 Å². The Bertz CT molecular complexity index is 552. The summed E-state index contributed by atoms with van der Waals surface area (Å²) in [4.78, 5) is 8.55. The van der Waals surface area contributed by atoms with E-state index in [4.69, 9.17) is 4.74 Å². The fourth-order valence-electron chi connectivity index (χ4n) is 2.14. The maximum Gasteiger partial charge on any atom is 0.173 e. The van der Waals surface area contributed by atoms with Crippen molar-refractivity contribution in [3.8, 4) is 5.82 Å². The fourth-order valence-corrected chi connectivity index (χ4v) is 2.14. The first kappa shape index (κ1) is 13.0. The average molecular weight is 275 g/mol. The predicted octanol–water partition coefficient (Wildman–Crippen LogP) is 0.616. The molecule has 0 radical (unpaired) electrons. The second kappa shape index (κ2) is 5.56. The molecular formula is C13H17N5O2. The van der Waals surface area contributed by atoms with Gasteiger partial charge in [0.1, 0.15) is 5.82 Å². The van der Waals surface area contributed by atoms with Gasteiger partial charge in [-0.3, -0.25) is 4.98 Å². The number of anilines is 1. The highest BCUT2D eigenvalue weighted by atomic mass is 16.5. The van der Waals surface area contributed by atoms with E-state index in [1.165, 1.54) is 0 Å². The van der Waals surface area contributed by atoms with Crippen molar-refractivity contribution < 1.29 is 9.84 Å². The van der Waals surface area contributed by atoms with Crippen LogP contribution in [0.4, 0.5) is 5.82 Å². The normalized spacial score (nSPS) is 17.9. The minimum atomic E-state index is -0.734. The molecule has 2 N–H and O–H groups in total. The SMILES string of the molecule is OC1(CNc2cncc(-n3cccn3)n2)CCOCC1. The van der Waals surface area contributed by atoms with Crippen molar-refractivity contribution in [2.24, 2.45) is 0 Å². The molecule has 1 saturated heterocycles. The number of rotatable bonds is 4. The Labute approximate surface area is 116 Å². The summed E-state index contributed by atoms with van der Waals surface area (Å²) in [6.45, 7) is 1.63. The van der Waals surface area contributed by atoms with Gasteiger partial charge in [0.15, 0.2) is 5.82 Å². The maximum absolute atomic E-state index is 10.4. The van der Waals surface area contributed by atoms with Gasteiger partial charge in [-0.25, -0.2) is 9.67 Å². The summed E-state index contributed by atoms with van der Waals surface area (Å²) in [5, 5.41) is 17.6. The fraction of sp³-hybridized carbons (Fsp3) is 0.462. The first-order valence-corrected chi connectivity index (χ1v) is 6.61. The third kappa shape index (κ3) is 2.94. The number of ether oxygens (including phenoxy) is 1. The summed E-state index contributed by atoms with van der Waals surface area (Å²) in [6.07, 6.45) is 8.03. The predicted molar refractivity (Wildman–Crippen MR) is 72.6 cm³/mol. The molecule has 0 atom stereocenters. The van der Waals surface area contributed by atoms with Crippen LogP contribution in [0.5, 0.6) is 0 Å². The van der Waals surface area contributed by atoms with E-state index in [2.05, 4.69) is 20.4 Å². The topological polar surface area (TPSA) is 85.1 Å². The van der Waals surface area contributed by atoms with Crippen molar-refractivity contribution in [2.75, 3.05) is 25.1 Å². The maximum atomic E-state index is 10.4. The standard InChI is InChI=1S/C13H17N5O2/c19-13(2-6-20-7-3-13)10-15-11-8-14-9-12(17-11)18-5-1-4-16-18/h1,4-5,8-9,19H,2-3,6-7,10H2,(H,15,17). The van der Waals surface area contributed by atoms with Gasteiger partial charge >= 0.3 is 0 Å². The molecule has 2 aromatic heterocycles. The highest BCUT2D eigenvalue weighted by Gasteiger charge is 2.29. The van der Waals surface area contributed by atoms with Crippen molar-refractivity contribution in [3.05, 3.63) is 30.9 Å². The Balaban J connectivity index is 1.67. The van der Waals surface area contributed by atoms with Gasteiger partial charge in [-0.2, -0.15) is 5.10 Å². The van der Waals surface area contributed by atoms with Crippen LogP contribution < -0.4 is 5.32 Å². The van der Waals surface area contributed by atoms with Gasteiger partial charge in [0.25, 0.3) is 0 Å². The average Bonchev–Trinajstić information content (AvgIpc) is 3.01. The Morgan fingerprint density at radius 3 is 2.95 bits per heavy atom. The minimum Gasteiger partial charge on any atom is -0.388 e. The monoisotopic (exact) mass is 275 g/mol. The van der Waals surface area contributed by atoms with Gasteiger partial charge in [0, 0.05) is 45.0 Å². The van der Waals surface area contributed by atoms with E-state index in [0.29, 0.717) is 44.2 Å². The highest BCUT2D eigenvalue weighted by molar-refractivity contribution is 5.36. The molecule has 0 amide bonds. The van der Waals surface area contributed by atoms with Gasteiger partial charge in [-0.15, -0.1) is 0 Å². The molecule has 3 rings (SSSR count). The molecule has 1 aliphatic heterocycles. The summed E-state index contributed by atoms with van der Waals surface area (Å²) in [6, 6.07) is 1.83. The van der Waals surface area contributed by atoms with E-state index in [1.807, 2.05) is 6.07 Å². The first-order chi connectivity index (χ1) is 9.75. The van der Waals surface area contributed by atoms with Crippen molar-refractivity contribution >= 4 is 5.82 Å². The number of aromatic nitrogens is 4. The molecule has 0 aromatic carbocycles. The Morgan fingerprint density at radius 2 is 2.20 bits per heavy atom. The molecule has 3 heterocycles. The highest BCUT2D eigenvalue weighted by Crippen LogP contribution is 2.20. The molecule has 7 heteroatoms. The van der Waals surface area contributed by atoms with Crippen molar-refractivity contribution in [1.82, 2.24) is 19.7 Å². The summed E-state index contributed by atoms with van der Waals surface area (Å²) >= 11 is 0. The lowest BCUT2D eigenvalue weighted by molar-refractivity contribution is -0.0543. The summed E-state index contributed by atoms with van der Waals surface area (Å²) < 4.78 is 6.90. The Hall–Kier alpha value is -1.99. The lowest BCUT2D eigenvalue weighted by atomic mass is 9.94. The van der Waals surface area contributed by atoms with Crippen LogP contribution in [0.25, 0.3) is 5.82 Å². The summed E-state index contributed by atoms with van der Waals surface area (Å²) in [5.41, 5.74) is -0.734. The number of hydrogen-bond donors (Lipinski definition) is 2. The number of nitrogens with one attached hydrogen (secondary N) is 1. The van der Waals surface area contributed by atoms with Crippen LogP contribution in [-0.2, 0) is 4.74 Å². The Kier molecular flexibility index (Phi) is 3.62. The van der Waals surface area contributed by atoms with E-state index in [9.17, 15) is 5.11 Å². The first-order valence-electron chi connectivity index (χ1n) is 6.61. The van der Waals surface area contributed by atoms with Gasteiger partial charge in [-0.05, 0) is 6.07 Å². The van der Waals surface area contributed by atoms with Crippen LogP contribution in [0, 0.1) is 0 Å². The van der Waals surface area contributed by atoms with Crippen LogP contribution in [0.3, 0.4) is 0 Å². The molecule has 1 fully saturated rings. The summed E-state index contributed by atoms with van der Waals surface area (Å²) in [7, 11) is 0. The molecule has 0 saturated carbocycles. The van der Waals surface area contributed by atoms with E-state index in [1.54, 1.807) is 29.5 Å². The molecule has 2 aromatic rings. The molecule has 0 spiro atoms. The lowest BCUT2D eigenvalue weighted by Gasteiger charge is -2.32. The number of hydrogen-bond acceptors (Lipinski definition) is 6. The zero-order valence-corrected chi connectivity index (χ0v) is 11.1. The van der Waals surface area contributed by atoms with Crippen LogP contribution in [0.1, 0.15) is 12.8 Å². The van der Waals surface area contributed by atoms with Crippen LogP contribution in [0.2, 0.25) is 0 Å². The summed E-state index contributed by atoms with van der Waals surface area (Å²) in [5.74, 6) is 1.26. The molecule has 20 heavy (non-hydrogen) atoms. The van der Waals surface area contributed by atoms with Crippen LogP contribution in [0.15, 0.2) is 30.9 Å². The Morgan fingerprint density at radius 1 is 1.35 bits per heavy atom. The molecule has 0 aliphatic carbocycles.